The van der Waals surface area contributed by atoms with Crippen LogP contribution in [-0.2, 0) is 0 Å². The van der Waals surface area contributed by atoms with Crippen LogP contribution in [0.4, 0.5) is 0 Å². The van der Waals surface area contributed by atoms with E-state index < -0.39 is 0 Å². The Morgan fingerprint density at radius 3 is 2.64 bits per heavy atom. The summed E-state index contributed by atoms with van der Waals surface area (Å²) in [5.74, 6) is -0.305. The monoisotopic (exact) mass is 292 g/mol. The number of aryl methyl sites for hydroxylation is 1. The van der Waals surface area contributed by atoms with E-state index >= 15 is 0 Å². The predicted octanol–water partition coefficient (Wildman–Crippen LogP) is 3.03. The van der Waals surface area contributed by atoms with E-state index in [0.29, 0.717) is 5.69 Å². The van der Waals surface area contributed by atoms with Crippen molar-refractivity contribution in [1.82, 2.24) is 15.6 Å². The molecule has 3 aromatic rings. The van der Waals surface area contributed by atoms with Crippen LogP contribution in [0.1, 0.15) is 28.7 Å². The molecule has 0 aliphatic carbocycles. The summed E-state index contributed by atoms with van der Waals surface area (Å²) in [6, 6.07) is 15.9. The third kappa shape index (κ3) is 2.88. The average molecular weight is 292 g/mol. The molecule has 0 aliphatic heterocycles. The molecule has 1 amide bonds. The van der Waals surface area contributed by atoms with Gasteiger partial charge in [0.1, 0.15) is 5.69 Å². The van der Waals surface area contributed by atoms with Crippen LogP contribution in [0, 0.1) is 6.92 Å². The number of H-pyrrole nitrogens is 1. The van der Waals surface area contributed by atoms with Crippen LogP contribution < -0.4 is 5.43 Å². The first kappa shape index (κ1) is 14.0. The normalized spacial score (nSPS) is 11.6. The van der Waals surface area contributed by atoms with Crippen molar-refractivity contribution in [3.63, 3.8) is 0 Å². The van der Waals surface area contributed by atoms with Crippen LogP contribution in [0.15, 0.2) is 53.6 Å². The Kier molecular flexibility index (Phi) is 3.70. The number of aromatic nitrogens is 2. The molecule has 0 saturated heterocycles. The molecule has 2 N–H and O–H groups in total. The van der Waals surface area contributed by atoms with Crippen molar-refractivity contribution in [1.29, 1.82) is 0 Å². The molecule has 22 heavy (non-hydrogen) atoms. The van der Waals surface area contributed by atoms with Gasteiger partial charge in [-0.05, 0) is 42.3 Å². The van der Waals surface area contributed by atoms with Gasteiger partial charge < -0.3 is 0 Å². The molecule has 5 heteroatoms. The number of amides is 1. The molecule has 0 saturated carbocycles. The van der Waals surface area contributed by atoms with Crippen LogP contribution in [0.2, 0.25) is 0 Å². The summed E-state index contributed by atoms with van der Waals surface area (Å²) in [4.78, 5) is 11.9. The Morgan fingerprint density at radius 1 is 1.14 bits per heavy atom. The summed E-state index contributed by atoms with van der Waals surface area (Å²) in [5.41, 5.74) is 5.41. The van der Waals surface area contributed by atoms with Gasteiger partial charge in [-0.3, -0.25) is 9.89 Å². The van der Waals surface area contributed by atoms with Gasteiger partial charge in [0.05, 0.1) is 11.4 Å². The van der Waals surface area contributed by atoms with Crippen molar-refractivity contribution in [2.75, 3.05) is 0 Å². The summed E-state index contributed by atoms with van der Waals surface area (Å²) in [7, 11) is 0. The average Bonchev–Trinajstić information content (AvgIpc) is 2.98. The highest BCUT2D eigenvalue weighted by molar-refractivity contribution is 6.03. The Morgan fingerprint density at radius 2 is 1.91 bits per heavy atom. The van der Waals surface area contributed by atoms with E-state index in [1.165, 1.54) is 5.39 Å². The van der Waals surface area contributed by atoms with Gasteiger partial charge in [0.25, 0.3) is 5.91 Å². The molecule has 2 aromatic carbocycles. The van der Waals surface area contributed by atoms with Gasteiger partial charge >= 0.3 is 0 Å². The highest BCUT2D eigenvalue weighted by atomic mass is 16.2. The van der Waals surface area contributed by atoms with Gasteiger partial charge in [-0.1, -0.05) is 36.4 Å². The molecule has 1 heterocycles. The number of carbonyl (C=O) groups excluding carboxylic acids is 1. The predicted molar refractivity (Wildman–Crippen MR) is 86.9 cm³/mol. The van der Waals surface area contributed by atoms with E-state index in [1.807, 2.05) is 38.1 Å². The molecular weight excluding hydrogens is 276 g/mol. The summed E-state index contributed by atoms with van der Waals surface area (Å²) < 4.78 is 0. The van der Waals surface area contributed by atoms with Crippen LogP contribution >= 0.6 is 0 Å². The molecule has 0 spiro atoms. The Balaban J connectivity index is 1.79. The quantitative estimate of drug-likeness (QED) is 0.575. The number of hydrazone groups is 1. The first-order valence-corrected chi connectivity index (χ1v) is 6.99. The SMILES string of the molecule is CC(=NNC(=O)c1cc(C)n[nH]1)c1ccc2ccccc2c1. The lowest BCUT2D eigenvalue weighted by atomic mass is 10.0. The molecule has 1 aromatic heterocycles. The Labute approximate surface area is 128 Å². The van der Waals surface area contributed by atoms with E-state index in [-0.39, 0.29) is 5.91 Å². The number of nitrogens with one attached hydrogen (secondary N) is 2. The highest BCUT2D eigenvalue weighted by Gasteiger charge is 2.07. The van der Waals surface area contributed by atoms with E-state index in [4.69, 9.17) is 0 Å². The summed E-state index contributed by atoms with van der Waals surface area (Å²) in [6.07, 6.45) is 0. The maximum Gasteiger partial charge on any atom is 0.289 e. The molecule has 0 aliphatic rings. The summed E-state index contributed by atoms with van der Waals surface area (Å²) >= 11 is 0. The van der Waals surface area contributed by atoms with Gasteiger partial charge in [0.15, 0.2) is 0 Å². The molecule has 110 valence electrons. The molecular formula is C17H16N4O. The molecule has 3 rings (SSSR count). The second kappa shape index (κ2) is 5.81. The number of benzene rings is 2. The van der Waals surface area contributed by atoms with Gasteiger partial charge in [-0.2, -0.15) is 10.2 Å². The summed E-state index contributed by atoms with van der Waals surface area (Å²) in [5, 5.41) is 13.1. The van der Waals surface area contributed by atoms with Crippen molar-refractivity contribution in [3.05, 3.63) is 65.5 Å². The minimum absolute atomic E-state index is 0.305. The number of nitrogens with zero attached hydrogens (tertiary/aromatic N) is 2. The Hall–Kier alpha value is -2.95. The van der Waals surface area contributed by atoms with Crippen LogP contribution in [0.3, 0.4) is 0 Å². The van der Waals surface area contributed by atoms with E-state index in [1.54, 1.807) is 6.07 Å². The van der Waals surface area contributed by atoms with Crippen LogP contribution in [0.25, 0.3) is 10.8 Å². The fourth-order valence-corrected chi connectivity index (χ4v) is 2.21. The lowest BCUT2D eigenvalue weighted by molar-refractivity contribution is 0.0950. The maximum atomic E-state index is 11.9. The number of rotatable bonds is 3. The standard InChI is InChI=1S/C17H16N4O/c1-11-9-16(20-18-11)17(22)21-19-12(2)14-8-7-13-5-3-4-6-15(13)10-14/h3-10H,1-2H3,(H,18,20)(H,21,22). The molecule has 0 bridgehead atoms. The van der Waals surface area contributed by atoms with E-state index in [9.17, 15) is 4.79 Å². The number of aromatic amines is 1. The topological polar surface area (TPSA) is 70.1 Å². The molecule has 5 nitrogen and oxygen atoms in total. The third-order valence-corrected chi connectivity index (χ3v) is 3.44. The lowest BCUT2D eigenvalue weighted by Gasteiger charge is -2.04. The van der Waals surface area contributed by atoms with Gasteiger partial charge in [0.2, 0.25) is 0 Å². The lowest BCUT2D eigenvalue weighted by Crippen LogP contribution is -2.19. The van der Waals surface area contributed by atoms with Gasteiger partial charge in [-0.15, -0.1) is 0 Å². The Bertz CT molecular complexity index is 864. The molecule has 0 atom stereocenters. The fourth-order valence-electron chi connectivity index (χ4n) is 2.21. The molecule has 0 unspecified atom stereocenters. The zero-order chi connectivity index (χ0) is 15.5. The van der Waals surface area contributed by atoms with Crippen molar-refractivity contribution in [2.24, 2.45) is 5.10 Å². The van der Waals surface area contributed by atoms with E-state index in [2.05, 4.69) is 38.9 Å². The number of hydrogen-bond donors (Lipinski definition) is 2. The smallest absolute Gasteiger partial charge is 0.273 e. The first-order valence-electron chi connectivity index (χ1n) is 6.99. The summed E-state index contributed by atoms with van der Waals surface area (Å²) in [6.45, 7) is 3.68. The van der Waals surface area contributed by atoms with Crippen LogP contribution in [0.5, 0.6) is 0 Å². The van der Waals surface area contributed by atoms with Crippen molar-refractivity contribution in [3.8, 4) is 0 Å². The number of carbonyl (C=O) groups is 1. The maximum absolute atomic E-state index is 11.9. The largest absolute Gasteiger partial charge is 0.289 e. The second-order valence-corrected chi connectivity index (χ2v) is 5.12. The molecule has 0 fully saturated rings. The second-order valence-electron chi connectivity index (χ2n) is 5.12. The number of hydrogen-bond acceptors (Lipinski definition) is 3. The molecule has 0 radical (unpaired) electrons. The fraction of sp³-hybridized carbons (Fsp3) is 0.118. The van der Waals surface area contributed by atoms with Gasteiger partial charge in [-0.25, -0.2) is 5.43 Å². The zero-order valence-corrected chi connectivity index (χ0v) is 12.4. The van der Waals surface area contributed by atoms with Crippen molar-refractivity contribution < 1.29 is 4.79 Å². The van der Waals surface area contributed by atoms with Crippen molar-refractivity contribution >= 4 is 22.4 Å². The van der Waals surface area contributed by atoms with Gasteiger partial charge in [0, 0.05) is 0 Å². The van der Waals surface area contributed by atoms with E-state index in [0.717, 1.165) is 22.4 Å². The van der Waals surface area contributed by atoms with Crippen LogP contribution in [-0.4, -0.2) is 21.8 Å². The first-order chi connectivity index (χ1) is 10.6. The highest BCUT2D eigenvalue weighted by Crippen LogP contribution is 2.16. The number of fused-ring (bicyclic) bond motifs is 1. The van der Waals surface area contributed by atoms with Crippen molar-refractivity contribution in [2.45, 2.75) is 13.8 Å². The zero-order valence-electron chi connectivity index (χ0n) is 12.4. The third-order valence-electron chi connectivity index (χ3n) is 3.44. The minimum Gasteiger partial charge on any atom is -0.273 e. The minimum atomic E-state index is -0.305.